The molecule has 0 atom stereocenters. The van der Waals surface area contributed by atoms with Gasteiger partial charge >= 0.3 is 5.97 Å². The van der Waals surface area contributed by atoms with E-state index in [1.54, 1.807) is 0 Å². The van der Waals surface area contributed by atoms with Crippen molar-refractivity contribution in [3.8, 4) is 0 Å². The third kappa shape index (κ3) is 5.35. The van der Waals surface area contributed by atoms with Gasteiger partial charge in [0.15, 0.2) is 0 Å². The molecule has 0 unspecified atom stereocenters. The van der Waals surface area contributed by atoms with Crippen molar-refractivity contribution < 1.29 is 9.53 Å². The topological polar surface area (TPSA) is 26.3 Å². The zero-order valence-corrected chi connectivity index (χ0v) is 11.6. The van der Waals surface area contributed by atoms with E-state index in [0.29, 0.717) is 12.2 Å². The van der Waals surface area contributed by atoms with Crippen LogP contribution in [0.2, 0.25) is 0 Å². The molecule has 2 nitrogen and oxygen atoms in total. The van der Waals surface area contributed by atoms with Crippen LogP contribution >= 0.6 is 0 Å². The van der Waals surface area contributed by atoms with Crippen molar-refractivity contribution in [1.82, 2.24) is 0 Å². The number of carbonyl (C=O) groups is 1. The van der Waals surface area contributed by atoms with Crippen molar-refractivity contribution in [2.75, 3.05) is 6.61 Å². The predicted octanol–water partition coefficient (Wildman–Crippen LogP) is 4.38. The molecule has 2 heteroatoms. The molecular weight excluding hydrogens is 224 g/mol. The summed E-state index contributed by atoms with van der Waals surface area (Å²) in [5.41, 5.74) is 1.96. The smallest absolute Gasteiger partial charge is 0.338 e. The lowest BCUT2D eigenvalue weighted by atomic mass is 10.0. The van der Waals surface area contributed by atoms with E-state index in [0.717, 1.165) is 12.8 Å². The number of unbranched alkanes of at least 4 members (excludes halogenated alkanes) is 3. The number of ether oxygens (including phenoxy) is 1. The average molecular weight is 248 g/mol. The summed E-state index contributed by atoms with van der Waals surface area (Å²) in [7, 11) is 0. The maximum absolute atomic E-state index is 11.6. The van der Waals surface area contributed by atoms with Crippen LogP contribution < -0.4 is 0 Å². The van der Waals surface area contributed by atoms with Gasteiger partial charge in [-0.25, -0.2) is 4.79 Å². The Bertz CT molecular complexity index is 341. The van der Waals surface area contributed by atoms with Crippen molar-refractivity contribution in [2.45, 2.75) is 52.4 Å². The Kier molecular flexibility index (Phi) is 7.16. The van der Waals surface area contributed by atoms with Crippen molar-refractivity contribution in [3.63, 3.8) is 0 Å². The lowest BCUT2D eigenvalue weighted by Crippen LogP contribution is -2.05. The average Bonchev–Trinajstić information content (AvgIpc) is 2.41. The van der Waals surface area contributed by atoms with Gasteiger partial charge in [0.05, 0.1) is 12.2 Å². The molecule has 0 bridgehead atoms. The van der Waals surface area contributed by atoms with Crippen molar-refractivity contribution in [3.05, 3.63) is 35.4 Å². The highest BCUT2D eigenvalue weighted by atomic mass is 16.5. The summed E-state index contributed by atoms with van der Waals surface area (Å²) in [5, 5.41) is 0. The van der Waals surface area contributed by atoms with E-state index in [9.17, 15) is 4.79 Å². The molecule has 0 saturated heterocycles. The van der Waals surface area contributed by atoms with Crippen molar-refractivity contribution >= 4 is 5.97 Å². The number of hydrogen-bond acceptors (Lipinski definition) is 2. The van der Waals surface area contributed by atoms with E-state index >= 15 is 0 Å². The first-order valence-corrected chi connectivity index (χ1v) is 7.04. The van der Waals surface area contributed by atoms with Gasteiger partial charge < -0.3 is 4.74 Å². The third-order valence-electron chi connectivity index (χ3n) is 2.95. The first-order valence-electron chi connectivity index (χ1n) is 7.04. The molecule has 100 valence electrons. The normalized spacial score (nSPS) is 10.3. The van der Waals surface area contributed by atoms with Gasteiger partial charge in [-0.1, -0.05) is 45.2 Å². The monoisotopic (exact) mass is 248 g/mol. The molecule has 0 saturated carbocycles. The van der Waals surface area contributed by atoms with Gasteiger partial charge in [-0.15, -0.1) is 0 Å². The molecular formula is C16H24O2. The summed E-state index contributed by atoms with van der Waals surface area (Å²) in [6.45, 7) is 4.71. The van der Waals surface area contributed by atoms with Crippen LogP contribution in [0.5, 0.6) is 0 Å². The molecule has 0 radical (unpaired) electrons. The second kappa shape index (κ2) is 8.73. The molecule has 1 rings (SSSR count). The lowest BCUT2D eigenvalue weighted by Gasteiger charge is -2.05. The first kappa shape index (κ1) is 14.7. The number of rotatable bonds is 8. The molecule has 0 aliphatic rings. The minimum Gasteiger partial charge on any atom is -0.462 e. The molecule has 0 heterocycles. The summed E-state index contributed by atoms with van der Waals surface area (Å²) in [5.74, 6) is -0.214. The number of aryl methyl sites for hydroxylation is 1. The summed E-state index contributed by atoms with van der Waals surface area (Å²) in [6, 6.07) is 7.81. The fourth-order valence-corrected chi connectivity index (χ4v) is 1.84. The van der Waals surface area contributed by atoms with Crippen LogP contribution in [0.4, 0.5) is 0 Å². The van der Waals surface area contributed by atoms with Gasteiger partial charge in [0.25, 0.3) is 0 Å². The maximum Gasteiger partial charge on any atom is 0.338 e. The third-order valence-corrected chi connectivity index (χ3v) is 2.95. The van der Waals surface area contributed by atoms with E-state index in [4.69, 9.17) is 4.74 Å². The molecule has 1 aromatic rings. The van der Waals surface area contributed by atoms with Crippen LogP contribution in [0.1, 0.15) is 61.9 Å². The predicted molar refractivity (Wildman–Crippen MR) is 74.9 cm³/mol. The summed E-state index contributed by atoms with van der Waals surface area (Å²) < 4.78 is 5.09. The Morgan fingerprint density at radius 3 is 2.33 bits per heavy atom. The Balaban J connectivity index is 2.39. The Morgan fingerprint density at radius 2 is 1.72 bits per heavy atom. The van der Waals surface area contributed by atoms with E-state index in [1.165, 1.54) is 31.2 Å². The highest BCUT2D eigenvalue weighted by Gasteiger charge is 2.05. The van der Waals surface area contributed by atoms with Gasteiger partial charge in [-0.3, -0.25) is 0 Å². The van der Waals surface area contributed by atoms with Gasteiger partial charge in [-0.2, -0.15) is 0 Å². The standard InChI is InChI=1S/C16H24O2/c1-3-5-6-7-8-14-9-11-15(12-10-14)16(17)18-13-4-2/h9-12H,3-8,13H2,1-2H3. The minimum absolute atomic E-state index is 0.214. The van der Waals surface area contributed by atoms with E-state index in [-0.39, 0.29) is 5.97 Å². The number of benzene rings is 1. The first-order chi connectivity index (χ1) is 8.77. The van der Waals surface area contributed by atoms with Gasteiger partial charge in [0, 0.05) is 0 Å². The Hall–Kier alpha value is -1.31. The summed E-state index contributed by atoms with van der Waals surface area (Å²) in [4.78, 5) is 11.6. The number of esters is 1. The second-order valence-electron chi connectivity index (χ2n) is 4.64. The Morgan fingerprint density at radius 1 is 1.00 bits per heavy atom. The fraction of sp³-hybridized carbons (Fsp3) is 0.562. The van der Waals surface area contributed by atoms with Crippen LogP contribution in [-0.2, 0) is 11.2 Å². The van der Waals surface area contributed by atoms with E-state index in [2.05, 4.69) is 6.92 Å². The zero-order chi connectivity index (χ0) is 13.2. The molecule has 0 fully saturated rings. The molecule has 1 aromatic carbocycles. The highest BCUT2D eigenvalue weighted by molar-refractivity contribution is 5.89. The van der Waals surface area contributed by atoms with Crippen LogP contribution in [0.25, 0.3) is 0 Å². The minimum atomic E-state index is -0.214. The number of hydrogen-bond donors (Lipinski definition) is 0. The van der Waals surface area contributed by atoms with Crippen molar-refractivity contribution in [2.24, 2.45) is 0 Å². The SMILES string of the molecule is CCCCCCc1ccc(C(=O)OCCC)cc1. The van der Waals surface area contributed by atoms with Crippen LogP contribution in [0, 0.1) is 0 Å². The highest BCUT2D eigenvalue weighted by Crippen LogP contribution is 2.10. The second-order valence-corrected chi connectivity index (χ2v) is 4.64. The van der Waals surface area contributed by atoms with Crippen LogP contribution in [-0.4, -0.2) is 12.6 Å². The summed E-state index contributed by atoms with van der Waals surface area (Å²) >= 11 is 0. The molecule has 0 spiro atoms. The molecule has 0 aliphatic heterocycles. The maximum atomic E-state index is 11.6. The number of carbonyl (C=O) groups excluding carboxylic acids is 1. The Labute approximate surface area is 110 Å². The largest absolute Gasteiger partial charge is 0.462 e. The summed E-state index contributed by atoms with van der Waals surface area (Å²) in [6.07, 6.45) is 7.05. The van der Waals surface area contributed by atoms with Crippen molar-refractivity contribution in [1.29, 1.82) is 0 Å². The van der Waals surface area contributed by atoms with Crippen LogP contribution in [0.3, 0.4) is 0 Å². The zero-order valence-electron chi connectivity index (χ0n) is 11.6. The fourth-order valence-electron chi connectivity index (χ4n) is 1.84. The van der Waals surface area contributed by atoms with Gasteiger partial charge in [-0.05, 0) is 37.0 Å². The molecule has 0 aromatic heterocycles. The quantitative estimate of drug-likeness (QED) is 0.504. The van der Waals surface area contributed by atoms with Gasteiger partial charge in [0.1, 0.15) is 0 Å². The van der Waals surface area contributed by atoms with E-state index in [1.807, 2.05) is 31.2 Å². The molecule has 0 amide bonds. The molecule has 18 heavy (non-hydrogen) atoms. The van der Waals surface area contributed by atoms with Crippen LogP contribution in [0.15, 0.2) is 24.3 Å². The molecule has 0 aliphatic carbocycles. The molecule has 0 N–H and O–H groups in total. The van der Waals surface area contributed by atoms with E-state index < -0.39 is 0 Å². The van der Waals surface area contributed by atoms with Gasteiger partial charge in [0.2, 0.25) is 0 Å². The lowest BCUT2D eigenvalue weighted by molar-refractivity contribution is 0.0505.